The van der Waals surface area contributed by atoms with Crippen LogP contribution in [-0.2, 0) is 12.2 Å². The number of carbonyl (C=O) groups excluding carboxylic acids is 1. The maximum Gasteiger partial charge on any atom is 0.287 e. The molecule has 1 amide bonds. The summed E-state index contributed by atoms with van der Waals surface area (Å²) in [5, 5.41) is 6.08. The summed E-state index contributed by atoms with van der Waals surface area (Å²) in [4.78, 5) is 17.6. The topological polar surface area (TPSA) is 64.4 Å². The minimum absolute atomic E-state index is 0.180. The molecule has 2 aromatic heterocycles. The second-order valence-electron chi connectivity index (χ2n) is 7.65. The number of amides is 1. The number of ether oxygens (including phenoxy) is 1. The van der Waals surface area contributed by atoms with Crippen molar-refractivity contribution in [2.45, 2.75) is 23.4 Å². The Labute approximate surface area is 188 Å². The minimum Gasteiger partial charge on any atom is -0.493 e. The predicted molar refractivity (Wildman–Crippen MR) is 124 cm³/mol. The molecule has 1 aliphatic rings. The summed E-state index contributed by atoms with van der Waals surface area (Å²) in [5.41, 5.74) is 3.84. The molecule has 0 aliphatic carbocycles. The number of hydrogen-bond acceptors (Lipinski definition) is 6. The molecule has 1 unspecified atom stereocenters. The highest BCUT2D eigenvalue weighted by Crippen LogP contribution is 2.33. The molecule has 1 aliphatic heterocycles. The van der Waals surface area contributed by atoms with E-state index in [9.17, 15) is 4.79 Å². The van der Waals surface area contributed by atoms with Crippen LogP contribution in [0.1, 0.15) is 27.4 Å². The van der Waals surface area contributed by atoms with E-state index in [1.54, 1.807) is 23.1 Å². The summed E-state index contributed by atoms with van der Waals surface area (Å²) >= 11 is 3.25. The van der Waals surface area contributed by atoms with Crippen LogP contribution < -0.4 is 10.1 Å². The number of rotatable bonds is 6. The van der Waals surface area contributed by atoms with E-state index < -0.39 is 0 Å². The number of nitrogens with zero attached hydrogens (tertiary/aromatic N) is 1. The maximum absolute atomic E-state index is 13.1. The fourth-order valence-electron chi connectivity index (χ4n) is 3.80. The van der Waals surface area contributed by atoms with Gasteiger partial charge in [-0.3, -0.25) is 4.79 Å². The summed E-state index contributed by atoms with van der Waals surface area (Å²) in [5.74, 6) is 2.02. The lowest BCUT2D eigenvalue weighted by molar-refractivity contribution is 0.0912. The zero-order valence-corrected chi connectivity index (χ0v) is 18.7. The van der Waals surface area contributed by atoms with E-state index in [1.165, 1.54) is 5.56 Å². The lowest BCUT2D eigenvalue weighted by Gasteiger charge is -2.25. The van der Waals surface area contributed by atoms with Crippen molar-refractivity contribution in [2.24, 2.45) is 5.92 Å². The third-order valence-corrected chi connectivity index (χ3v) is 7.51. The van der Waals surface area contributed by atoms with Gasteiger partial charge in [0.1, 0.15) is 15.7 Å². The molecule has 0 saturated carbocycles. The Morgan fingerprint density at radius 3 is 2.94 bits per heavy atom. The Morgan fingerprint density at radius 1 is 1.23 bits per heavy atom. The first-order valence-electron chi connectivity index (χ1n) is 10.2. The first-order valence-corrected chi connectivity index (χ1v) is 12.1. The van der Waals surface area contributed by atoms with Crippen LogP contribution in [0.25, 0.3) is 11.0 Å². The largest absolute Gasteiger partial charge is 0.493 e. The van der Waals surface area contributed by atoms with Crippen LogP contribution in [-0.4, -0.2) is 24.0 Å². The third-order valence-electron chi connectivity index (χ3n) is 5.35. The van der Waals surface area contributed by atoms with E-state index in [1.807, 2.05) is 54.8 Å². The number of aromatic nitrogens is 1. The monoisotopic (exact) mass is 450 g/mol. The molecule has 1 atom stereocenters. The quantitative estimate of drug-likeness (QED) is 0.395. The van der Waals surface area contributed by atoms with E-state index in [-0.39, 0.29) is 11.8 Å². The first-order chi connectivity index (χ1) is 15.2. The molecule has 0 spiro atoms. The number of para-hydroxylation sites is 2. The Kier molecular flexibility index (Phi) is 5.70. The third kappa shape index (κ3) is 4.34. The number of furan rings is 1. The van der Waals surface area contributed by atoms with Crippen molar-refractivity contribution < 1.29 is 13.9 Å². The average molecular weight is 451 g/mol. The molecular weight excluding hydrogens is 428 g/mol. The first kappa shape index (κ1) is 20.2. The molecule has 3 heterocycles. The van der Waals surface area contributed by atoms with Crippen LogP contribution in [0.5, 0.6) is 5.75 Å². The standard InChI is InChI=1S/C24H22N2O3S2/c1-15-13-30-24(26-15)31-14-19-18-7-3-5-9-21(18)29-22(19)23(27)25-11-16-10-17-6-2-4-8-20(17)28-12-16/h2-9,13,16H,10-12,14H2,1H3,(H,25,27). The molecule has 2 aromatic carbocycles. The van der Waals surface area contributed by atoms with Gasteiger partial charge in [0, 0.05) is 40.2 Å². The number of thioether (sulfide) groups is 1. The van der Waals surface area contributed by atoms with Gasteiger partial charge in [-0.05, 0) is 31.0 Å². The van der Waals surface area contributed by atoms with E-state index in [4.69, 9.17) is 9.15 Å². The molecule has 7 heteroatoms. The average Bonchev–Trinajstić information content (AvgIpc) is 3.39. The van der Waals surface area contributed by atoms with Gasteiger partial charge in [0.2, 0.25) is 0 Å². The molecule has 5 rings (SSSR count). The molecule has 1 N–H and O–H groups in total. The molecule has 31 heavy (non-hydrogen) atoms. The van der Waals surface area contributed by atoms with E-state index in [0.717, 1.165) is 38.7 Å². The minimum atomic E-state index is -0.180. The van der Waals surface area contributed by atoms with Crippen molar-refractivity contribution in [2.75, 3.05) is 13.2 Å². The molecule has 4 aromatic rings. The number of hydrogen-bond donors (Lipinski definition) is 1. The smallest absolute Gasteiger partial charge is 0.287 e. The van der Waals surface area contributed by atoms with Crippen molar-refractivity contribution >= 4 is 40.0 Å². The summed E-state index contributed by atoms with van der Waals surface area (Å²) < 4.78 is 12.8. The summed E-state index contributed by atoms with van der Waals surface area (Å²) in [6.07, 6.45) is 0.892. The molecule has 0 saturated heterocycles. The van der Waals surface area contributed by atoms with Gasteiger partial charge in [0.25, 0.3) is 5.91 Å². The SMILES string of the molecule is Cc1csc(SCc2c(C(=O)NCC3COc4ccccc4C3)oc3ccccc23)n1. The Bertz CT molecular complexity index is 1230. The molecule has 0 radical (unpaired) electrons. The second-order valence-corrected chi connectivity index (χ2v) is 9.73. The van der Waals surface area contributed by atoms with Gasteiger partial charge in [-0.15, -0.1) is 11.3 Å². The van der Waals surface area contributed by atoms with Crippen LogP contribution in [0.2, 0.25) is 0 Å². The van der Waals surface area contributed by atoms with Crippen LogP contribution in [0, 0.1) is 12.8 Å². The van der Waals surface area contributed by atoms with Crippen molar-refractivity contribution in [3.63, 3.8) is 0 Å². The predicted octanol–water partition coefficient (Wildman–Crippen LogP) is 5.47. The highest BCUT2D eigenvalue weighted by Gasteiger charge is 2.24. The second kappa shape index (κ2) is 8.77. The Hall–Kier alpha value is -2.77. The van der Waals surface area contributed by atoms with Gasteiger partial charge in [0.05, 0.1) is 6.61 Å². The number of benzene rings is 2. The fraction of sp³-hybridized carbons (Fsp3) is 0.250. The van der Waals surface area contributed by atoms with Crippen molar-refractivity contribution in [1.82, 2.24) is 10.3 Å². The molecule has 0 fully saturated rings. The van der Waals surface area contributed by atoms with Gasteiger partial charge < -0.3 is 14.5 Å². The van der Waals surface area contributed by atoms with Crippen molar-refractivity contribution in [3.05, 3.63) is 76.5 Å². The van der Waals surface area contributed by atoms with Crippen molar-refractivity contribution in [3.8, 4) is 5.75 Å². The lowest BCUT2D eigenvalue weighted by atomic mass is 9.97. The summed E-state index contributed by atoms with van der Waals surface area (Å²) in [6, 6.07) is 15.9. The van der Waals surface area contributed by atoms with E-state index >= 15 is 0 Å². The summed E-state index contributed by atoms with van der Waals surface area (Å²) in [6.45, 7) is 3.13. The Morgan fingerprint density at radius 2 is 2.06 bits per heavy atom. The number of nitrogens with one attached hydrogen (secondary N) is 1. The zero-order chi connectivity index (χ0) is 21.2. The molecule has 158 valence electrons. The summed E-state index contributed by atoms with van der Waals surface area (Å²) in [7, 11) is 0. The number of carbonyl (C=O) groups is 1. The fourth-order valence-corrected chi connectivity index (χ4v) is 5.67. The molecular formula is C24H22N2O3S2. The van der Waals surface area contributed by atoms with Gasteiger partial charge in [-0.25, -0.2) is 4.98 Å². The van der Waals surface area contributed by atoms with Gasteiger partial charge in [-0.1, -0.05) is 48.2 Å². The van der Waals surface area contributed by atoms with E-state index in [0.29, 0.717) is 24.7 Å². The molecule has 5 nitrogen and oxygen atoms in total. The van der Waals surface area contributed by atoms with Crippen LogP contribution in [0.4, 0.5) is 0 Å². The maximum atomic E-state index is 13.1. The highest BCUT2D eigenvalue weighted by molar-refractivity contribution is 8.00. The van der Waals surface area contributed by atoms with Crippen LogP contribution in [0.3, 0.4) is 0 Å². The van der Waals surface area contributed by atoms with Crippen LogP contribution in [0.15, 0.2) is 62.7 Å². The highest BCUT2D eigenvalue weighted by atomic mass is 32.2. The molecule has 0 bridgehead atoms. The number of fused-ring (bicyclic) bond motifs is 2. The van der Waals surface area contributed by atoms with Gasteiger partial charge in [0.15, 0.2) is 5.76 Å². The lowest BCUT2D eigenvalue weighted by Crippen LogP contribution is -2.35. The normalized spacial score (nSPS) is 15.5. The van der Waals surface area contributed by atoms with Gasteiger partial charge >= 0.3 is 0 Å². The van der Waals surface area contributed by atoms with E-state index in [2.05, 4.69) is 16.4 Å². The number of thiazole rings is 1. The van der Waals surface area contributed by atoms with Crippen molar-refractivity contribution in [1.29, 1.82) is 0 Å². The van der Waals surface area contributed by atoms with Gasteiger partial charge in [-0.2, -0.15) is 0 Å². The number of aryl methyl sites for hydroxylation is 1. The zero-order valence-electron chi connectivity index (χ0n) is 17.1. The van der Waals surface area contributed by atoms with Crippen LogP contribution >= 0.6 is 23.1 Å². The Balaban J connectivity index is 1.31.